The van der Waals surface area contributed by atoms with Crippen LogP contribution in [0.4, 0.5) is 5.69 Å². The van der Waals surface area contributed by atoms with Crippen LogP contribution < -0.4 is 5.32 Å². The monoisotopic (exact) mass is 463 g/mol. The SMILES string of the molecule is CC(=O)Nc1cccc(-n2cnnc2SCC(=O)N(C)Cc2ccc(Cl)c(Cl)c2)c1. The second kappa shape index (κ2) is 9.97. The molecule has 0 fully saturated rings. The lowest BCUT2D eigenvalue weighted by atomic mass is 10.2. The van der Waals surface area contributed by atoms with Gasteiger partial charge in [-0.25, -0.2) is 0 Å². The van der Waals surface area contributed by atoms with Crippen LogP contribution in [0.3, 0.4) is 0 Å². The zero-order valence-electron chi connectivity index (χ0n) is 16.3. The minimum Gasteiger partial charge on any atom is -0.341 e. The van der Waals surface area contributed by atoms with E-state index in [0.717, 1.165) is 11.3 Å². The highest BCUT2D eigenvalue weighted by atomic mass is 35.5. The van der Waals surface area contributed by atoms with E-state index in [9.17, 15) is 9.59 Å². The fraction of sp³-hybridized carbons (Fsp3) is 0.200. The molecular weight excluding hydrogens is 445 g/mol. The van der Waals surface area contributed by atoms with Crippen molar-refractivity contribution < 1.29 is 9.59 Å². The van der Waals surface area contributed by atoms with Crippen molar-refractivity contribution in [2.24, 2.45) is 0 Å². The first-order chi connectivity index (χ1) is 14.3. The Morgan fingerprint density at radius 1 is 1.17 bits per heavy atom. The summed E-state index contributed by atoms with van der Waals surface area (Å²) in [6.45, 7) is 1.87. The van der Waals surface area contributed by atoms with Gasteiger partial charge in [-0.15, -0.1) is 10.2 Å². The maximum absolute atomic E-state index is 12.6. The van der Waals surface area contributed by atoms with Crippen molar-refractivity contribution in [3.8, 4) is 5.69 Å². The van der Waals surface area contributed by atoms with Gasteiger partial charge in [0.15, 0.2) is 5.16 Å². The lowest BCUT2D eigenvalue weighted by Crippen LogP contribution is -2.27. The molecule has 2 amide bonds. The van der Waals surface area contributed by atoms with Gasteiger partial charge in [-0.05, 0) is 35.9 Å². The molecule has 30 heavy (non-hydrogen) atoms. The molecule has 0 saturated carbocycles. The summed E-state index contributed by atoms with van der Waals surface area (Å²) in [5.74, 6) is -0.0178. The molecule has 0 aliphatic rings. The summed E-state index contributed by atoms with van der Waals surface area (Å²) < 4.78 is 1.77. The number of carbonyl (C=O) groups excluding carboxylic acids is 2. The first kappa shape index (κ1) is 22.1. The highest BCUT2D eigenvalue weighted by molar-refractivity contribution is 7.99. The molecule has 0 saturated heterocycles. The minimum absolute atomic E-state index is 0.0624. The first-order valence-corrected chi connectivity index (χ1v) is 10.7. The number of carbonyl (C=O) groups is 2. The second-order valence-corrected chi connectivity index (χ2v) is 8.26. The van der Waals surface area contributed by atoms with E-state index in [1.165, 1.54) is 18.7 Å². The molecule has 0 unspecified atom stereocenters. The fourth-order valence-electron chi connectivity index (χ4n) is 2.67. The largest absolute Gasteiger partial charge is 0.341 e. The number of rotatable bonds is 7. The Morgan fingerprint density at radius 2 is 1.97 bits per heavy atom. The third-order valence-corrected chi connectivity index (χ3v) is 5.78. The Balaban J connectivity index is 1.64. The molecule has 2 aromatic carbocycles. The summed E-state index contributed by atoms with van der Waals surface area (Å²) in [5, 5.41) is 12.3. The highest BCUT2D eigenvalue weighted by Crippen LogP contribution is 2.24. The average Bonchev–Trinajstić information content (AvgIpc) is 3.17. The highest BCUT2D eigenvalue weighted by Gasteiger charge is 2.14. The number of anilines is 1. The molecule has 156 valence electrons. The normalized spacial score (nSPS) is 10.7. The van der Waals surface area contributed by atoms with Crippen LogP contribution in [0.1, 0.15) is 12.5 Å². The van der Waals surface area contributed by atoms with Crippen molar-refractivity contribution in [3.63, 3.8) is 0 Å². The van der Waals surface area contributed by atoms with E-state index < -0.39 is 0 Å². The molecule has 1 N–H and O–H groups in total. The molecule has 0 bridgehead atoms. The van der Waals surface area contributed by atoms with E-state index in [4.69, 9.17) is 23.2 Å². The number of halogens is 2. The summed E-state index contributed by atoms with van der Waals surface area (Å²) in [5.41, 5.74) is 2.34. The summed E-state index contributed by atoms with van der Waals surface area (Å²) >= 11 is 13.3. The van der Waals surface area contributed by atoms with Crippen LogP contribution in [0, 0.1) is 0 Å². The van der Waals surface area contributed by atoms with Gasteiger partial charge in [0.1, 0.15) is 6.33 Å². The van der Waals surface area contributed by atoms with Crippen molar-refractivity contribution in [3.05, 3.63) is 64.4 Å². The summed E-state index contributed by atoms with van der Waals surface area (Å²) in [6, 6.07) is 12.6. The van der Waals surface area contributed by atoms with Crippen molar-refractivity contribution in [1.29, 1.82) is 0 Å². The van der Waals surface area contributed by atoms with E-state index in [-0.39, 0.29) is 17.6 Å². The molecule has 1 heterocycles. The Hall–Kier alpha value is -2.55. The number of thioether (sulfide) groups is 1. The number of amides is 2. The average molecular weight is 464 g/mol. The van der Waals surface area contributed by atoms with E-state index in [1.54, 1.807) is 41.0 Å². The Morgan fingerprint density at radius 3 is 2.70 bits per heavy atom. The van der Waals surface area contributed by atoms with Gasteiger partial charge in [0.2, 0.25) is 11.8 Å². The van der Waals surface area contributed by atoms with Gasteiger partial charge in [0, 0.05) is 26.2 Å². The second-order valence-electron chi connectivity index (χ2n) is 6.50. The zero-order chi connectivity index (χ0) is 21.7. The lowest BCUT2D eigenvalue weighted by Gasteiger charge is -2.17. The van der Waals surface area contributed by atoms with Crippen LogP contribution in [-0.4, -0.2) is 44.3 Å². The van der Waals surface area contributed by atoms with E-state index in [2.05, 4.69) is 15.5 Å². The van der Waals surface area contributed by atoms with Crippen LogP contribution in [0.2, 0.25) is 10.0 Å². The Labute approximate surface area is 188 Å². The third-order valence-electron chi connectivity index (χ3n) is 4.12. The predicted molar refractivity (Wildman–Crippen MR) is 119 cm³/mol. The minimum atomic E-state index is -0.152. The number of benzene rings is 2. The van der Waals surface area contributed by atoms with Gasteiger partial charge in [-0.3, -0.25) is 14.2 Å². The maximum atomic E-state index is 12.6. The molecule has 3 aromatic rings. The van der Waals surface area contributed by atoms with Crippen molar-refractivity contribution in [2.75, 3.05) is 18.1 Å². The molecule has 0 aliphatic heterocycles. The van der Waals surface area contributed by atoms with Crippen molar-refractivity contribution in [1.82, 2.24) is 19.7 Å². The number of aromatic nitrogens is 3. The van der Waals surface area contributed by atoms with Gasteiger partial charge in [-0.2, -0.15) is 0 Å². The van der Waals surface area contributed by atoms with Crippen LogP contribution in [0.5, 0.6) is 0 Å². The maximum Gasteiger partial charge on any atom is 0.233 e. The molecule has 1 aromatic heterocycles. The molecule has 10 heteroatoms. The zero-order valence-corrected chi connectivity index (χ0v) is 18.6. The Kier molecular flexibility index (Phi) is 7.36. The number of hydrogen-bond donors (Lipinski definition) is 1. The summed E-state index contributed by atoms with van der Waals surface area (Å²) in [4.78, 5) is 25.5. The van der Waals surface area contributed by atoms with Crippen LogP contribution in [0.15, 0.2) is 53.9 Å². The topological polar surface area (TPSA) is 80.1 Å². The van der Waals surface area contributed by atoms with E-state index >= 15 is 0 Å². The van der Waals surface area contributed by atoms with Gasteiger partial charge in [0.05, 0.1) is 21.5 Å². The van der Waals surface area contributed by atoms with Crippen LogP contribution in [0.25, 0.3) is 5.69 Å². The Bertz CT molecular complexity index is 1070. The van der Waals surface area contributed by atoms with Gasteiger partial charge in [-0.1, -0.05) is 47.1 Å². The molecule has 0 aliphatic carbocycles. The quantitative estimate of drug-likeness (QED) is 0.528. The third kappa shape index (κ3) is 5.75. The predicted octanol–water partition coefficient (Wildman–Crippen LogP) is 4.28. The van der Waals surface area contributed by atoms with Gasteiger partial charge in [0.25, 0.3) is 0 Å². The number of hydrogen-bond acceptors (Lipinski definition) is 5. The number of nitrogens with one attached hydrogen (secondary N) is 1. The summed E-state index contributed by atoms with van der Waals surface area (Å²) in [7, 11) is 1.73. The van der Waals surface area contributed by atoms with Crippen LogP contribution in [-0.2, 0) is 16.1 Å². The van der Waals surface area contributed by atoms with Gasteiger partial charge >= 0.3 is 0 Å². The lowest BCUT2D eigenvalue weighted by molar-refractivity contribution is -0.127. The standard InChI is InChI=1S/C20H19Cl2N5O2S/c1-13(28)24-15-4-3-5-16(9-15)27-12-23-25-20(27)30-11-19(29)26(2)10-14-6-7-17(21)18(22)8-14/h3-9,12H,10-11H2,1-2H3,(H,24,28). The first-order valence-electron chi connectivity index (χ1n) is 8.92. The van der Waals surface area contributed by atoms with Gasteiger partial charge < -0.3 is 10.2 Å². The molecule has 0 spiro atoms. The fourth-order valence-corrected chi connectivity index (χ4v) is 3.86. The molecule has 3 rings (SSSR count). The van der Waals surface area contributed by atoms with E-state index in [1.807, 2.05) is 24.3 Å². The molecule has 7 nitrogen and oxygen atoms in total. The molecule has 0 radical (unpaired) electrons. The summed E-state index contributed by atoms with van der Waals surface area (Å²) in [6.07, 6.45) is 1.57. The smallest absolute Gasteiger partial charge is 0.233 e. The van der Waals surface area contributed by atoms with E-state index in [0.29, 0.717) is 27.4 Å². The number of nitrogens with zero attached hydrogens (tertiary/aromatic N) is 4. The van der Waals surface area contributed by atoms with Crippen molar-refractivity contribution >= 4 is 52.5 Å². The molecule has 0 atom stereocenters. The van der Waals surface area contributed by atoms with Crippen molar-refractivity contribution in [2.45, 2.75) is 18.6 Å². The molecular formula is C20H19Cl2N5O2S. The van der Waals surface area contributed by atoms with Crippen LogP contribution >= 0.6 is 35.0 Å².